The number of benzene rings is 2. The maximum Gasteiger partial charge on any atom is 0.277 e. The summed E-state index contributed by atoms with van der Waals surface area (Å²) in [6.07, 6.45) is 0. The van der Waals surface area contributed by atoms with Crippen LogP contribution in [0.3, 0.4) is 0 Å². The molecular formula is C21H21ClN4O5S2. The Morgan fingerprint density at radius 1 is 1.15 bits per heavy atom. The molecule has 33 heavy (non-hydrogen) atoms. The van der Waals surface area contributed by atoms with E-state index in [1.54, 1.807) is 43.3 Å². The average molecular weight is 509 g/mol. The van der Waals surface area contributed by atoms with Crippen LogP contribution in [0.2, 0.25) is 5.02 Å². The number of aryl methyl sites for hydroxylation is 1. The fourth-order valence-electron chi connectivity index (χ4n) is 3.12. The fraction of sp³-hybridized carbons (Fsp3) is 0.286. The predicted octanol–water partition coefficient (Wildman–Crippen LogP) is 3.45. The third-order valence-corrected chi connectivity index (χ3v) is 7.88. The highest BCUT2D eigenvalue weighted by atomic mass is 35.5. The molecule has 4 rings (SSSR count). The number of anilines is 1. The van der Waals surface area contributed by atoms with Crippen molar-refractivity contribution >= 4 is 45.0 Å². The van der Waals surface area contributed by atoms with Crippen LogP contribution in [0.5, 0.6) is 0 Å². The van der Waals surface area contributed by atoms with Gasteiger partial charge in [-0.25, -0.2) is 8.42 Å². The van der Waals surface area contributed by atoms with Crippen molar-refractivity contribution in [1.82, 2.24) is 14.5 Å². The molecule has 9 nitrogen and oxygen atoms in total. The smallest absolute Gasteiger partial charge is 0.277 e. The number of hydrogen-bond acceptors (Lipinski definition) is 8. The second kappa shape index (κ2) is 10.2. The highest BCUT2D eigenvalue weighted by molar-refractivity contribution is 7.99. The van der Waals surface area contributed by atoms with Crippen LogP contribution in [-0.4, -0.2) is 60.9 Å². The van der Waals surface area contributed by atoms with E-state index in [4.69, 9.17) is 20.8 Å². The summed E-state index contributed by atoms with van der Waals surface area (Å²) in [7, 11) is -3.66. The van der Waals surface area contributed by atoms with Crippen LogP contribution < -0.4 is 5.32 Å². The van der Waals surface area contributed by atoms with E-state index in [2.05, 4.69) is 15.5 Å². The Hall–Kier alpha value is -2.44. The SMILES string of the molecule is Cc1ccc(S(=O)(=O)N2CCOCC2)cc1NC(=O)CSc1nnc(-c2ccc(Cl)cc2)o1. The van der Waals surface area contributed by atoms with Gasteiger partial charge in [0.25, 0.3) is 5.22 Å². The topological polar surface area (TPSA) is 115 Å². The molecule has 1 amide bonds. The summed E-state index contributed by atoms with van der Waals surface area (Å²) in [5.74, 6) is 0.0176. The number of ether oxygens (including phenoxy) is 1. The molecular weight excluding hydrogens is 488 g/mol. The molecule has 0 spiro atoms. The van der Waals surface area contributed by atoms with Gasteiger partial charge in [0.1, 0.15) is 0 Å². The Balaban J connectivity index is 1.39. The maximum atomic E-state index is 12.9. The first-order valence-corrected chi connectivity index (χ1v) is 12.8. The lowest BCUT2D eigenvalue weighted by atomic mass is 10.2. The van der Waals surface area contributed by atoms with Gasteiger partial charge in [-0.05, 0) is 48.9 Å². The zero-order chi connectivity index (χ0) is 23.4. The molecule has 1 aromatic heterocycles. The van der Waals surface area contributed by atoms with Gasteiger partial charge in [0.2, 0.25) is 21.8 Å². The van der Waals surface area contributed by atoms with Crippen molar-refractivity contribution < 1.29 is 22.4 Å². The summed E-state index contributed by atoms with van der Waals surface area (Å²) < 4.78 is 38.0. The van der Waals surface area contributed by atoms with Crippen LogP contribution in [0.1, 0.15) is 5.56 Å². The number of nitrogens with zero attached hydrogens (tertiary/aromatic N) is 3. The summed E-state index contributed by atoms with van der Waals surface area (Å²) in [5.41, 5.74) is 1.90. The molecule has 1 aliphatic heterocycles. The number of aromatic nitrogens is 2. The van der Waals surface area contributed by atoms with Crippen molar-refractivity contribution in [2.75, 3.05) is 37.4 Å². The number of sulfonamides is 1. The number of carbonyl (C=O) groups excluding carboxylic acids is 1. The quantitative estimate of drug-likeness (QED) is 0.482. The van der Waals surface area contributed by atoms with Gasteiger partial charge in [0.15, 0.2) is 0 Å². The van der Waals surface area contributed by atoms with Gasteiger partial charge >= 0.3 is 0 Å². The molecule has 3 aromatic rings. The van der Waals surface area contributed by atoms with Crippen molar-refractivity contribution in [3.63, 3.8) is 0 Å². The number of halogens is 1. The molecule has 0 saturated carbocycles. The van der Waals surface area contributed by atoms with Crippen LogP contribution in [-0.2, 0) is 19.6 Å². The van der Waals surface area contributed by atoms with Gasteiger partial charge in [-0.15, -0.1) is 10.2 Å². The molecule has 2 heterocycles. The molecule has 174 valence electrons. The minimum absolute atomic E-state index is 0.0160. The molecule has 0 aliphatic carbocycles. The van der Waals surface area contributed by atoms with E-state index in [-0.39, 0.29) is 21.8 Å². The minimum Gasteiger partial charge on any atom is -0.411 e. The second-order valence-corrected chi connectivity index (χ2v) is 10.5. The fourth-order valence-corrected chi connectivity index (χ4v) is 5.25. The normalized spacial score (nSPS) is 14.8. The van der Waals surface area contributed by atoms with E-state index in [1.807, 2.05) is 0 Å². The Morgan fingerprint density at radius 2 is 1.88 bits per heavy atom. The Kier molecular flexibility index (Phi) is 7.35. The summed E-state index contributed by atoms with van der Waals surface area (Å²) in [6.45, 7) is 3.13. The summed E-state index contributed by atoms with van der Waals surface area (Å²) >= 11 is 6.97. The third-order valence-electron chi connectivity index (χ3n) is 4.92. The summed E-state index contributed by atoms with van der Waals surface area (Å²) in [5, 5.41) is 11.5. The largest absolute Gasteiger partial charge is 0.411 e. The first-order valence-electron chi connectivity index (χ1n) is 10.0. The first-order chi connectivity index (χ1) is 15.8. The van der Waals surface area contributed by atoms with Gasteiger partial charge in [0, 0.05) is 29.4 Å². The Morgan fingerprint density at radius 3 is 2.61 bits per heavy atom. The highest BCUT2D eigenvalue weighted by Crippen LogP contribution is 2.26. The van der Waals surface area contributed by atoms with E-state index in [9.17, 15) is 13.2 Å². The number of carbonyl (C=O) groups is 1. The predicted molar refractivity (Wildman–Crippen MR) is 125 cm³/mol. The number of hydrogen-bond donors (Lipinski definition) is 1. The first kappa shape index (κ1) is 23.7. The van der Waals surface area contributed by atoms with Crippen molar-refractivity contribution in [2.24, 2.45) is 0 Å². The molecule has 0 radical (unpaired) electrons. The Labute approximate surface area is 200 Å². The monoisotopic (exact) mass is 508 g/mol. The molecule has 0 unspecified atom stereocenters. The van der Waals surface area contributed by atoms with Crippen LogP contribution >= 0.6 is 23.4 Å². The van der Waals surface area contributed by atoms with Gasteiger partial charge in [-0.3, -0.25) is 4.79 Å². The van der Waals surface area contributed by atoms with Crippen molar-refractivity contribution in [3.8, 4) is 11.5 Å². The molecule has 1 aliphatic rings. The number of rotatable bonds is 7. The van der Waals surface area contributed by atoms with Crippen LogP contribution in [0.15, 0.2) is 57.0 Å². The highest BCUT2D eigenvalue weighted by Gasteiger charge is 2.27. The zero-order valence-electron chi connectivity index (χ0n) is 17.7. The van der Waals surface area contributed by atoms with E-state index < -0.39 is 10.0 Å². The molecule has 1 fully saturated rings. The van der Waals surface area contributed by atoms with Crippen LogP contribution in [0.4, 0.5) is 5.69 Å². The maximum absolute atomic E-state index is 12.9. The molecule has 0 bridgehead atoms. The molecule has 2 aromatic carbocycles. The van der Waals surface area contributed by atoms with Crippen molar-refractivity contribution in [3.05, 3.63) is 53.1 Å². The number of amides is 1. The second-order valence-electron chi connectivity index (χ2n) is 7.21. The number of morpholine rings is 1. The van der Waals surface area contributed by atoms with Gasteiger partial charge < -0.3 is 14.5 Å². The lowest BCUT2D eigenvalue weighted by molar-refractivity contribution is -0.113. The van der Waals surface area contributed by atoms with Crippen LogP contribution in [0.25, 0.3) is 11.5 Å². The van der Waals surface area contributed by atoms with Gasteiger partial charge in [-0.2, -0.15) is 4.31 Å². The van der Waals surface area contributed by atoms with Gasteiger partial charge in [-0.1, -0.05) is 29.4 Å². The minimum atomic E-state index is -3.66. The lowest BCUT2D eigenvalue weighted by Gasteiger charge is -2.26. The summed E-state index contributed by atoms with van der Waals surface area (Å²) in [4.78, 5) is 12.6. The third kappa shape index (κ3) is 5.74. The van der Waals surface area contributed by atoms with E-state index in [0.717, 1.165) is 22.9 Å². The number of nitrogens with one attached hydrogen (secondary N) is 1. The molecule has 1 N–H and O–H groups in total. The standard InChI is InChI=1S/C21H21ClN4O5S2/c1-14-2-7-17(33(28,29)26-8-10-30-11-9-26)12-18(14)23-19(27)13-32-21-25-24-20(31-21)15-3-5-16(22)6-4-15/h2-7,12H,8-11,13H2,1H3,(H,23,27). The van der Waals surface area contributed by atoms with Crippen LogP contribution in [0, 0.1) is 6.92 Å². The molecule has 0 atom stereocenters. The Bertz CT molecular complexity index is 1240. The van der Waals surface area contributed by atoms with Crippen molar-refractivity contribution in [1.29, 1.82) is 0 Å². The lowest BCUT2D eigenvalue weighted by Crippen LogP contribution is -2.40. The molecule has 12 heteroatoms. The average Bonchev–Trinajstić information content (AvgIpc) is 3.29. The number of thioether (sulfide) groups is 1. The van der Waals surface area contributed by atoms with E-state index in [0.29, 0.717) is 42.9 Å². The summed E-state index contributed by atoms with van der Waals surface area (Å²) in [6, 6.07) is 11.7. The zero-order valence-corrected chi connectivity index (χ0v) is 20.0. The van der Waals surface area contributed by atoms with Crippen molar-refractivity contribution in [2.45, 2.75) is 17.0 Å². The molecule has 1 saturated heterocycles. The van der Waals surface area contributed by atoms with E-state index in [1.165, 1.54) is 10.4 Å². The van der Waals surface area contributed by atoms with E-state index >= 15 is 0 Å². The van der Waals surface area contributed by atoms with Gasteiger partial charge in [0.05, 0.1) is 23.9 Å².